The molecule has 54 valence electrons. The van der Waals surface area contributed by atoms with Gasteiger partial charge >= 0.3 is 0 Å². The quantitative estimate of drug-likeness (QED) is 0.407. The lowest BCUT2D eigenvalue weighted by Gasteiger charge is -1.81. The van der Waals surface area contributed by atoms with Crippen LogP contribution >= 0.6 is 21.6 Å². The zero-order chi connectivity index (χ0) is 6.82. The summed E-state index contributed by atoms with van der Waals surface area (Å²) in [6, 6.07) is 0. The largest absolute Gasteiger partial charge is 0.263 e. The molecule has 0 spiro atoms. The summed E-state index contributed by atoms with van der Waals surface area (Å²) in [5, 5.41) is 0. The fraction of sp³-hybridized carbons (Fsp3) is 0.333. The Morgan fingerprint density at radius 3 is 2.70 bits per heavy atom. The van der Waals surface area contributed by atoms with Crippen LogP contribution in [0.1, 0.15) is 6.42 Å². The van der Waals surface area contributed by atoms with Gasteiger partial charge in [-0.05, 0) is 39.7 Å². The molecule has 0 aromatic rings. The Hall–Kier alpha value is 0.330. The second kappa shape index (κ2) is 1.42. The van der Waals surface area contributed by atoms with E-state index in [0.29, 0.717) is 0 Å². The lowest BCUT2D eigenvalue weighted by atomic mass is 10.4. The molecule has 0 amide bonds. The number of rotatable bonds is 2. The van der Waals surface area contributed by atoms with Crippen LogP contribution in [0.4, 0.5) is 0 Å². The molecule has 2 aliphatic heterocycles. The van der Waals surface area contributed by atoms with Gasteiger partial charge in [0.2, 0.25) is 0 Å². The molecule has 4 heteroatoms. The highest BCUT2D eigenvalue weighted by atomic mass is 33.6. The highest BCUT2D eigenvalue weighted by Gasteiger charge is 2.79. The van der Waals surface area contributed by atoms with E-state index in [4.69, 9.17) is 0 Å². The average Bonchev–Trinajstić information content (AvgIpc) is 2.58. The zero-order valence-electron chi connectivity index (χ0n) is 5.11. The molecule has 0 aromatic carbocycles. The third-order valence-electron chi connectivity index (χ3n) is 1.77. The topological polar surface area (TPSA) is 17.1 Å². The Bertz CT molecular complexity index is 305. The first-order chi connectivity index (χ1) is 4.74. The van der Waals surface area contributed by atoms with E-state index < -0.39 is 8.00 Å². The molecular formula is C6H6OS3. The van der Waals surface area contributed by atoms with E-state index in [1.54, 1.807) is 21.6 Å². The van der Waals surface area contributed by atoms with Crippen LogP contribution in [0.25, 0.3) is 0 Å². The molecule has 0 unspecified atom stereocenters. The van der Waals surface area contributed by atoms with Gasteiger partial charge in [0.1, 0.15) is 0 Å². The Labute approximate surface area is 67.6 Å². The molecular weight excluding hydrogens is 184 g/mol. The highest BCUT2D eigenvalue weighted by molar-refractivity contribution is 9.38. The molecule has 2 saturated heterocycles. The van der Waals surface area contributed by atoms with Crippen molar-refractivity contribution in [3.8, 4) is 0 Å². The van der Waals surface area contributed by atoms with Gasteiger partial charge in [-0.2, -0.15) is 0 Å². The van der Waals surface area contributed by atoms with Crippen LogP contribution in [-0.4, -0.2) is 7.62 Å². The molecule has 2 fully saturated rings. The molecule has 1 nitrogen and oxygen atoms in total. The average molecular weight is 190 g/mol. The van der Waals surface area contributed by atoms with Crippen LogP contribution in [0.3, 0.4) is 0 Å². The predicted octanol–water partition coefficient (Wildman–Crippen LogP) is 1.87. The fourth-order valence-electron chi connectivity index (χ4n) is 0.870. The van der Waals surface area contributed by atoms with Gasteiger partial charge in [-0.15, -0.1) is 0 Å². The van der Waals surface area contributed by atoms with Crippen LogP contribution < -0.4 is 0 Å². The van der Waals surface area contributed by atoms with E-state index in [-0.39, 0.29) is 3.41 Å². The molecule has 0 radical (unpaired) electrons. The standard InChI is InChI=1S/C6H6OS3/c7-10-6(8-10,9-10)4-3-5-1-2-5/h1,3-4,10H,2H2/b4-3+. The number of fused-ring (bicyclic) bond motifs is 1. The van der Waals surface area contributed by atoms with Gasteiger partial charge < -0.3 is 0 Å². The number of hydrogen-bond donors (Lipinski definition) is 1. The monoisotopic (exact) mass is 190 g/mol. The summed E-state index contributed by atoms with van der Waals surface area (Å²) in [5.74, 6) is 0. The second-order valence-corrected chi connectivity index (χ2v) is 11.7. The zero-order valence-corrected chi connectivity index (χ0v) is 7.64. The molecule has 3 rings (SSSR count). The number of thiol groups is 1. The van der Waals surface area contributed by atoms with Crippen molar-refractivity contribution in [2.45, 2.75) is 9.83 Å². The van der Waals surface area contributed by atoms with E-state index in [1.165, 1.54) is 5.57 Å². The van der Waals surface area contributed by atoms with Crippen molar-refractivity contribution in [2.75, 3.05) is 0 Å². The SMILES string of the molecule is O=[SH]12SC1(/C=C/C1=CC1)S2. The highest BCUT2D eigenvalue weighted by Crippen LogP contribution is 2.93. The summed E-state index contributed by atoms with van der Waals surface area (Å²) in [5.41, 5.74) is 1.40. The van der Waals surface area contributed by atoms with Crippen molar-refractivity contribution in [3.05, 3.63) is 23.8 Å². The smallest absolute Gasteiger partial charge is 0.172 e. The first-order valence-electron chi connectivity index (χ1n) is 3.14. The molecule has 10 heavy (non-hydrogen) atoms. The number of hydrogen-bond acceptors (Lipinski definition) is 3. The van der Waals surface area contributed by atoms with Gasteiger partial charge in [0, 0.05) is 8.00 Å². The normalized spacial score (nSPS) is 47.8. The maximum absolute atomic E-state index is 11.2. The van der Waals surface area contributed by atoms with E-state index in [9.17, 15) is 4.21 Å². The molecule has 0 N–H and O–H groups in total. The summed E-state index contributed by atoms with van der Waals surface area (Å²) in [7, 11) is 1.63. The van der Waals surface area contributed by atoms with Crippen molar-refractivity contribution >= 4 is 29.6 Å². The van der Waals surface area contributed by atoms with Crippen LogP contribution in [-0.2, 0) is 8.00 Å². The minimum absolute atomic E-state index is 0.0937. The van der Waals surface area contributed by atoms with Crippen LogP contribution in [0.5, 0.6) is 0 Å². The Balaban J connectivity index is 1.81. The van der Waals surface area contributed by atoms with E-state index in [0.717, 1.165) is 6.42 Å². The third-order valence-corrected chi connectivity index (χ3v) is 12.4. The fourth-order valence-corrected chi connectivity index (χ4v) is 10.3. The molecule has 0 atom stereocenters. The van der Waals surface area contributed by atoms with Crippen LogP contribution in [0.15, 0.2) is 23.8 Å². The van der Waals surface area contributed by atoms with E-state index in [1.807, 2.05) is 0 Å². The molecule has 0 aromatic heterocycles. The number of allylic oxidation sites excluding steroid dienone is 3. The van der Waals surface area contributed by atoms with Crippen LogP contribution in [0.2, 0.25) is 0 Å². The molecule has 0 saturated carbocycles. The van der Waals surface area contributed by atoms with Gasteiger partial charge in [-0.3, -0.25) is 4.21 Å². The Morgan fingerprint density at radius 1 is 1.70 bits per heavy atom. The predicted molar refractivity (Wildman–Crippen MR) is 49.3 cm³/mol. The summed E-state index contributed by atoms with van der Waals surface area (Å²) < 4.78 is 11.3. The maximum Gasteiger partial charge on any atom is 0.172 e. The van der Waals surface area contributed by atoms with Gasteiger partial charge in [0.15, 0.2) is 3.41 Å². The first-order valence-corrected chi connectivity index (χ1v) is 7.69. The first kappa shape index (κ1) is 5.91. The van der Waals surface area contributed by atoms with Gasteiger partial charge in [-0.1, -0.05) is 12.2 Å². The van der Waals surface area contributed by atoms with Crippen molar-refractivity contribution in [1.82, 2.24) is 0 Å². The van der Waals surface area contributed by atoms with Crippen molar-refractivity contribution in [1.29, 1.82) is 0 Å². The van der Waals surface area contributed by atoms with Crippen molar-refractivity contribution < 1.29 is 4.21 Å². The molecule has 1 aliphatic carbocycles. The van der Waals surface area contributed by atoms with Gasteiger partial charge in [0.25, 0.3) is 0 Å². The summed E-state index contributed by atoms with van der Waals surface area (Å²) in [6.45, 7) is 0. The van der Waals surface area contributed by atoms with Crippen LogP contribution in [0, 0.1) is 0 Å². The maximum atomic E-state index is 11.2. The van der Waals surface area contributed by atoms with Gasteiger partial charge in [-0.25, -0.2) is 0 Å². The summed E-state index contributed by atoms with van der Waals surface area (Å²) in [4.78, 5) is 0. The Kier molecular flexibility index (Phi) is 0.842. The van der Waals surface area contributed by atoms with Gasteiger partial charge in [0.05, 0.1) is 0 Å². The lowest BCUT2D eigenvalue weighted by molar-refractivity contribution is 0.694. The molecule has 0 bridgehead atoms. The summed E-state index contributed by atoms with van der Waals surface area (Å²) in [6.07, 6.45) is 7.55. The Morgan fingerprint density at radius 2 is 2.30 bits per heavy atom. The lowest BCUT2D eigenvalue weighted by Crippen LogP contribution is -1.76. The van der Waals surface area contributed by atoms with E-state index >= 15 is 0 Å². The minimum atomic E-state index is -1.66. The summed E-state index contributed by atoms with van der Waals surface area (Å²) >= 11 is 0. The minimum Gasteiger partial charge on any atom is -0.263 e. The van der Waals surface area contributed by atoms with Crippen molar-refractivity contribution in [2.24, 2.45) is 0 Å². The van der Waals surface area contributed by atoms with E-state index in [2.05, 4.69) is 18.2 Å². The second-order valence-electron chi connectivity index (χ2n) is 2.63. The molecule has 3 aliphatic rings. The molecule has 2 heterocycles. The third kappa shape index (κ3) is 0.646. The van der Waals surface area contributed by atoms with Crippen molar-refractivity contribution in [3.63, 3.8) is 0 Å².